The third-order valence-corrected chi connectivity index (χ3v) is 8.08. The summed E-state index contributed by atoms with van der Waals surface area (Å²) in [5.74, 6) is -6.98. The molecule has 0 aromatic heterocycles. The number of nitrogens with two attached hydrogens (primary N) is 1. The molecule has 3 aliphatic rings. The summed E-state index contributed by atoms with van der Waals surface area (Å²) in [6.45, 7) is 3.91. The molecule has 9 heteroatoms. The number of Topliss-reactive ketones (excluding diaryl/α,β-unsaturated/α-hetero) is 2. The minimum atomic E-state index is -2.60. The lowest BCUT2D eigenvalue weighted by atomic mass is 9.59. The number of rotatable bonds is 4. The fraction of sp³-hybridized carbons (Fsp3) is 0.300. The summed E-state index contributed by atoms with van der Waals surface area (Å²) in [6, 6.07) is 7.56. The van der Waals surface area contributed by atoms with E-state index >= 15 is 0 Å². The molecule has 3 atom stereocenters. The molecule has 0 bridgehead atoms. The molecular formula is C30H28FNO7. The van der Waals surface area contributed by atoms with Crippen LogP contribution in [-0.4, -0.2) is 43.5 Å². The first-order chi connectivity index (χ1) is 18.4. The Labute approximate surface area is 223 Å². The van der Waals surface area contributed by atoms with E-state index in [1.807, 2.05) is 13.8 Å². The van der Waals surface area contributed by atoms with Crippen LogP contribution in [0.2, 0.25) is 0 Å². The smallest absolute Gasteiger partial charge is 0.255 e. The van der Waals surface area contributed by atoms with E-state index in [1.165, 1.54) is 12.1 Å². The monoisotopic (exact) mass is 533 g/mol. The molecule has 5 rings (SSSR count). The van der Waals surface area contributed by atoms with Crippen molar-refractivity contribution >= 4 is 35.4 Å². The van der Waals surface area contributed by atoms with Crippen molar-refractivity contribution in [1.29, 1.82) is 0 Å². The molecule has 39 heavy (non-hydrogen) atoms. The van der Waals surface area contributed by atoms with Gasteiger partial charge in [0.1, 0.15) is 28.7 Å². The van der Waals surface area contributed by atoms with E-state index in [4.69, 9.17) is 5.73 Å². The van der Waals surface area contributed by atoms with Crippen LogP contribution < -0.4 is 5.73 Å². The highest BCUT2D eigenvalue weighted by atomic mass is 19.1. The fourth-order valence-corrected chi connectivity index (χ4v) is 6.14. The molecule has 2 aromatic rings. The second-order valence-corrected chi connectivity index (χ2v) is 10.7. The molecule has 0 heterocycles. The van der Waals surface area contributed by atoms with Gasteiger partial charge in [-0.2, -0.15) is 0 Å². The number of aliphatic hydroxyl groups is 3. The Kier molecular flexibility index (Phi) is 6.22. The van der Waals surface area contributed by atoms with Gasteiger partial charge in [0.2, 0.25) is 5.78 Å². The lowest BCUT2D eigenvalue weighted by Gasteiger charge is -2.46. The number of phenols is 1. The average Bonchev–Trinajstić information content (AvgIpc) is 2.86. The van der Waals surface area contributed by atoms with E-state index in [-0.39, 0.29) is 47.9 Å². The number of phenolic OH excluding ortho intramolecular Hbond substituents is 1. The first kappa shape index (κ1) is 26.4. The SMILES string of the molecule is CC(C)c1cc(/C=C/c2ccc(F)cc2)c(O)c2c1C[C@H]1C[C@H]3CC(=O)C(C(N)=O)=C(O)[C@@]3(O)C(=O)C1=C2O. The first-order valence-corrected chi connectivity index (χ1v) is 12.7. The summed E-state index contributed by atoms with van der Waals surface area (Å²) < 4.78 is 13.3. The summed E-state index contributed by atoms with van der Waals surface area (Å²) >= 11 is 0. The van der Waals surface area contributed by atoms with E-state index < -0.39 is 52.0 Å². The highest BCUT2D eigenvalue weighted by molar-refractivity contribution is 6.22. The van der Waals surface area contributed by atoms with E-state index in [0.29, 0.717) is 16.7 Å². The maximum Gasteiger partial charge on any atom is 0.255 e. The summed E-state index contributed by atoms with van der Waals surface area (Å²) in [5, 5.41) is 44.8. The van der Waals surface area contributed by atoms with Gasteiger partial charge in [-0.3, -0.25) is 14.4 Å². The summed E-state index contributed by atoms with van der Waals surface area (Å²) in [5.41, 5.74) is 4.18. The van der Waals surface area contributed by atoms with Gasteiger partial charge in [0.25, 0.3) is 5.91 Å². The van der Waals surface area contributed by atoms with E-state index in [2.05, 4.69) is 0 Å². The molecule has 3 aliphatic carbocycles. The maximum absolute atomic E-state index is 13.7. The van der Waals surface area contributed by atoms with Gasteiger partial charge < -0.3 is 26.2 Å². The number of hydrogen-bond acceptors (Lipinski definition) is 7. The van der Waals surface area contributed by atoms with Crippen LogP contribution in [0.15, 0.2) is 47.2 Å². The van der Waals surface area contributed by atoms with Crippen molar-refractivity contribution in [2.75, 3.05) is 0 Å². The molecule has 6 N–H and O–H groups in total. The van der Waals surface area contributed by atoms with Crippen molar-refractivity contribution < 1.29 is 39.2 Å². The van der Waals surface area contributed by atoms with Crippen molar-refractivity contribution in [2.24, 2.45) is 17.6 Å². The Morgan fingerprint density at radius 3 is 2.38 bits per heavy atom. The molecule has 1 amide bonds. The zero-order chi connectivity index (χ0) is 28.4. The summed E-state index contributed by atoms with van der Waals surface area (Å²) in [4.78, 5) is 38.1. The molecule has 1 fully saturated rings. The predicted molar refractivity (Wildman–Crippen MR) is 141 cm³/mol. The number of aliphatic hydroxyl groups excluding tert-OH is 2. The van der Waals surface area contributed by atoms with Gasteiger partial charge in [0.05, 0.1) is 5.56 Å². The lowest BCUT2D eigenvalue weighted by molar-refractivity contribution is -0.147. The Morgan fingerprint density at radius 2 is 1.77 bits per heavy atom. The lowest BCUT2D eigenvalue weighted by Crippen LogP contribution is -2.58. The zero-order valence-electron chi connectivity index (χ0n) is 21.4. The van der Waals surface area contributed by atoms with Crippen LogP contribution in [0.1, 0.15) is 60.4 Å². The number of aromatic hydroxyl groups is 1. The van der Waals surface area contributed by atoms with Gasteiger partial charge in [-0.1, -0.05) is 38.1 Å². The normalized spacial score (nSPS) is 24.7. The molecule has 0 saturated heterocycles. The van der Waals surface area contributed by atoms with Crippen LogP contribution in [0.25, 0.3) is 17.9 Å². The topological polar surface area (TPSA) is 158 Å². The fourth-order valence-electron chi connectivity index (χ4n) is 6.14. The van der Waals surface area contributed by atoms with Gasteiger partial charge in [0.15, 0.2) is 11.4 Å². The molecule has 0 radical (unpaired) electrons. The van der Waals surface area contributed by atoms with Crippen LogP contribution in [0, 0.1) is 17.7 Å². The number of carbonyl (C=O) groups excluding carboxylic acids is 3. The molecule has 0 aliphatic heterocycles. The van der Waals surface area contributed by atoms with Gasteiger partial charge in [-0.25, -0.2) is 4.39 Å². The first-order valence-electron chi connectivity index (χ1n) is 12.7. The quantitative estimate of drug-likeness (QED) is 0.295. The molecule has 202 valence electrons. The van der Waals surface area contributed by atoms with Crippen molar-refractivity contribution in [3.63, 3.8) is 0 Å². The number of hydrogen-bond donors (Lipinski definition) is 5. The van der Waals surface area contributed by atoms with Gasteiger partial charge in [-0.05, 0) is 59.6 Å². The third-order valence-electron chi connectivity index (χ3n) is 8.08. The highest BCUT2D eigenvalue weighted by Gasteiger charge is 2.60. The van der Waals surface area contributed by atoms with Crippen LogP contribution in [0.5, 0.6) is 5.75 Å². The van der Waals surface area contributed by atoms with E-state index in [9.17, 15) is 39.2 Å². The Morgan fingerprint density at radius 1 is 1.10 bits per heavy atom. The maximum atomic E-state index is 13.7. The Hall–Kier alpha value is -4.24. The standard InChI is InChI=1S/C30H28FNO7/c1-13(2)19-10-15(6-3-14-4-7-18(31)8-5-14)25(34)23-20(19)11-16-9-17-12-21(33)24(29(32)38)28(37)30(17,39)27(36)22(16)26(23)35/h3-8,10,13,16-17,34-35,37,39H,9,11-12H2,1-2H3,(H2,32,38)/b6-3+/t16-,17+,30+/m1/s1. The van der Waals surface area contributed by atoms with Crippen LogP contribution in [0.3, 0.4) is 0 Å². The molecule has 8 nitrogen and oxygen atoms in total. The van der Waals surface area contributed by atoms with Gasteiger partial charge in [-0.15, -0.1) is 0 Å². The van der Waals surface area contributed by atoms with Gasteiger partial charge in [0, 0.05) is 23.5 Å². The number of halogens is 1. The number of benzene rings is 2. The molecular weight excluding hydrogens is 505 g/mol. The van der Waals surface area contributed by atoms with Crippen LogP contribution in [-0.2, 0) is 20.8 Å². The third kappa shape index (κ3) is 3.96. The predicted octanol–water partition coefficient (Wildman–Crippen LogP) is 3.86. The number of primary amides is 1. The Bertz CT molecular complexity index is 1530. The number of amides is 1. The second-order valence-electron chi connectivity index (χ2n) is 10.7. The largest absolute Gasteiger partial charge is 0.508 e. The molecule has 0 spiro atoms. The van der Waals surface area contributed by atoms with E-state index in [1.54, 1.807) is 30.4 Å². The van der Waals surface area contributed by atoms with E-state index in [0.717, 1.165) is 5.56 Å². The minimum Gasteiger partial charge on any atom is -0.508 e. The number of fused-ring (bicyclic) bond motifs is 3. The molecule has 0 unspecified atom stereocenters. The Balaban J connectivity index is 1.67. The van der Waals surface area contributed by atoms with Crippen LogP contribution >= 0.6 is 0 Å². The van der Waals surface area contributed by atoms with Crippen molar-refractivity contribution in [3.8, 4) is 5.75 Å². The van der Waals surface area contributed by atoms with Crippen molar-refractivity contribution in [1.82, 2.24) is 0 Å². The van der Waals surface area contributed by atoms with Crippen LogP contribution in [0.4, 0.5) is 4.39 Å². The zero-order valence-corrected chi connectivity index (χ0v) is 21.4. The van der Waals surface area contributed by atoms with Crippen molar-refractivity contribution in [2.45, 2.75) is 44.6 Å². The average molecular weight is 534 g/mol. The summed E-state index contributed by atoms with van der Waals surface area (Å²) in [7, 11) is 0. The molecule has 1 saturated carbocycles. The number of carbonyl (C=O) groups is 3. The minimum absolute atomic E-state index is 0.0238. The van der Waals surface area contributed by atoms with Gasteiger partial charge >= 0.3 is 0 Å². The van der Waals surface area contributed by atoms with Crippen molar-refractivity contribution in [3.05, 3.63) is 80.9 Å². The number of ketones is 2. The second kappa shape index (κ2) is 9.20. The highest BCUT2D eigenvalue weighted by Crippen LogP contribution is 2.53. The molecule has 2 aromatic carbocycles. The summed E-state index contributed by atoms with van der Waals surface area (Å²) in [6.07, 6.45) is 3.25.